The normalized spacial score (nSPS) is 16.1. The molecule has 0 aliphatic carbocycles. The summed E-state index contributed by atoms with van der Waals surface area (Å²) in [5, 5.41) is 0.910. The van der Waals surface area contributed by atoms with Crippen LogP contribution in [0.5, 0.6) is 0 Å². The van der Waals surface area contributed by atoms with Crippen molar-refractivity contribution >= 4 is 51.1 Å². The van der Waals surface area contributed by atoms with Gasteiger partial charge in [0.1, 0.15) is 11.4 Å². The molecule has 2 aromatic rings. The van der Waals surface area contributed by atoms with Crippen molar-refractivity contribution in [2.45, 2.75) is 0 Å². The van der Waals surface area contributed by atoms with Crippen LogP contribution < -0.4 is 10.4 Å². The van der Waals surface area contributed by atoms with E-state index in [0.29, 0.717) is 5.56 Å². The molecule has 0 aromatic heterocycles. The fourth-order valence-electron chi connectivity index (χ4n) is 2.09. The molecule has 1 fully saturated rings. The van der Waals surface area contributed by atoms with Crippen LogP contribution in [0.25, 0.3) is 6.08 Å². The Hall–Kier alpha value is -2.18. The number of benzene rings is 2. The van der Waals surface area contributed by atoms with Gasteiger partial charge in [0.05, 0.1) is 10.7 Å². The molecule has 1 saturated heterocycles. The number of hydrogen-bond acceptors (Lipinski definition) is 2. The van der Waals surface area contributed by atoms with Gasteiger partial charge in [-0.05, 0) is 42.0 Å². The van der Waals surface area contributed by atoms with Gasteiger partial charge in [0.2, 0.25) is 0 Å². The van der Waals surface area contributed by atoms with Gasteiger partial charge in [-0.3, -0.25) is 15.0 Å². The lowest BCUT2D eigenvalue weighted by atomic mass is 10.1. The number of rotatable bonds is 2. The van der Waals surface area contributed by atoms with E-state index in [1.807, 2.05) is 0 Å². The SMILES string of the molecule is O=C1NN(c2ccc(F)c(Cl)c2)C(=O)C1=Cc1ccc(Br)cc1. The summed E-state index contributed by atoms with van der Waals surface area (Å²) in [6.07, 6.45) is 1.50. The predicted octanol–water partition coefficient (Wildman–Crippen LogP) is 3.70. The molecule has 1 heterocycles. The Morgan fingerprint density at radius 1 is 1.13 bits per heavy atom. The maximum atomic E-state index is 13.2. The van der Waals surface area contributed by atoms with Crippen LogP contribution in [0.15, 0.2) is 52.5 Å². The molecule has 7 heteroatoms. The number of amides is 2. The molecule has 1 aliphatic heterocycles. The first-order valence-corrected chi connectivity index (χ1v) is 7.70. The molecular weight excluding hydrogens is 387 g/mol. The van der Waals surface area contributed by atoms with Gasteiger partial charge >= 0.3 is 0 Å². The zero-order valence-corrected chi connectivity index (χ0v) is 13.9. The van der Waals surface area contributed by atoms with Crippen LogP contribution in [-0.2, 0) is 9.59 Å². The minimum Gasteiger partial charge on any atom is -0.267 e. The third-order valence-corrected chi connectivity index (χ3v) is 4.05. The van der Waals surface area contributed by atoms with Crippen molar-refractivity contribution in [3.63, 3.8) is 0 Å². The Labute approximate surface area is 144 Å². The largest absolute Gasteiger partial charge is 0.282 e. The molecule has 2 aromatic carbocycles. The molecule has 0 saturated carbocycles. The van der Waals surface area contributed by atoms with Crippen molar-refractivity contribution in [1.29, 1.82) is 0 Å². The van der Waals surface area contributed by atoms with E-state index in [1.54, 1.807) is 24.3 Å². The van der Waals surface area contributed by atoms with Crippen LogP contribution in [0.4, 0.5) is 10.1 Å². The van der Waals surface area contributed by atoms with Crippen LogP contribution in [0, 0.1) is 5.82 Å². The number of halogens is 3. The van der Waals surface area contributed by atoms with Gasteiger partial charge in [-0.25, -0.2) is 9.40 Å². The fraction of sp³-hybridized carbons (Fsp3) is 0. The molecule has 3 rings (SSSR count). The number of nitrogens with one attached hydrogen (secondary N) is 1. The number of hydrazine groups is 1. The number of anilines is 1. The van der Waals surface area contributed by atoms with Crippen molar-refractivity contribution < 1.29 is 14.0 Å². The topological polar surface area (TPSA) is 49.4 Å². The van der Waals surface area contributed by atoms with Crippen LogP contribution in [0.3, 0.4) is 0 Å². The second kappa shape index (κ2) is 6.14. The summed E-state index contributed by atoms with van der Waals surface area (Å²) in [6.45, 7) is 0. The fourth-order valence-corrected chi connectivity index (χ4v) is 2.53. The zero-order chi connectivity index (χ0) is 16.6. The van der Waals surface area contributed by atoms with E-state index in [-0.39, 0.29) is 16.3 Å². The van der Waals surface area contributed by atoms with Crippen molar-refractivity contribution in [2.75, 3.05) is 5.01 Å². The van der Waals surface area contributed by atoms with Crippen LogP contribution in [0.1, 0.15) is 5.56 Å². The molecule has 1 aliphatic rings. The van der Waals surface area contributed by atoms with E-state index in [1.165, 1.54) is 18.2 Å². The Morgan fingerprint density at radius 2 is 1.83 bits per heavy atom. The summed E-state index contributed by atoms with van der Waals surface area (Å²) >= 11 is 9.03. The summed E-state index contributed by atoms with van der Waals surface area (Å²) in [7, 11) is 0. The van der Waals surface area contributed by atoms with Crippen LogP contribution in [0.2, 0.25) is 5.02 Å². The first kappa shape index (κ1) is 15.7. The minimum absolute atomic E-state index is 0.00669. The van der Waals surface area contributed by atoms with Gasteiger partial charge in [0.25, 0.3) is 11.8 Å². The minimum atomic E-state index is -0.598. The van der Waals surface area contributed by atoms with E-state index in [4.69, 9.17) is 11.6 Å². The summed E-state index contributed by atoms with van der Waals surface area (Å²) in [6, 6.07) is 10.9. The molecule has 4 nitrogen and oxygen atoms in total. The lowest BCUT2D eigenvalue weighted by Gasteiger charge is -2.14. The first-order chi connectivity index (χ1) is 11.0. The van der Waals surface area contributed by atoms with E-state index in [2.05, 4.69) is 21.4 Å². The molecule has 0 atom stereocenters. The molecular formula is C16H9BrClFN2O2. The second-order valence-corrected chi connectivity index (χ2v) is 6.11. The lowest BCUT2D eigenvalue weighted by Crippen LogP contribution is -2.35. The average molecular weight is 396 g/mol. The van der Waals surface area contributed by atoms with Crippen molar-refractivity contribution in [3.8, 4) is 0 Å². The third-order valence-electron chi connectivity index (χ3n) is 3.23. The molecule has 0 bridgehead atoms. The van der Waals surface area contributed by atoms with E-state index < -0.39 is 17.6 Å². The lowest BCUT2D eigenvalue weighted by molar-refractivity contribution is -0.117. The standard InChI is InChI=1S/C16H9BrClFN2O2/c17-10-3-1-9(2-4-10)7-12-15(22)20-21(16(12)23)11-5-6-14(19)13(18)8-11/h1-8H,(H,20,22). The Kier molecular flexibility index (Phi) is 4.19. The average Bonchev–Trinajstić information content (AvgIpc) is 2.80. The van der Waals surface area contributed by atoms with Crippen molar-refractivity contribution in [1.82, 2.24) is 5.43 Å². The molecule has 0 radical (unpaired) electrons. The van der Waals surface area contributed by atoms with Crippen molar-refractivity contribution in [3.05, 3.63) is 68.9 Å². The van der Waals surface area contributed by atoms with Gasteiger partial charge in [-0.15, -0.1) is 0 Å². The van der Waals surface area contributed by atoms with E-state index >= 15 is 0 Å². The maximum absolute atomic E-state index is 13.2. The quantitative estimate of drug-likeness (QED) is 0.623. The van der Waals surface area contributed by atoms with Crippen LogP contribution in [-0.4, -0.2) is 11.8 Å². The van der Waals surface area contributed by atoms with Crippen molar-refractivity contribution in [2.24, 2.45) is 0 Å². The highest BCUT2D eigenvalue weighted by Crippen LogP contribution is 2.26. The molecule has 116 valence electrons. The van der Waals surface area contributed by atoms with Crippen LogP contribution >= 0.6 is 27.5 Å². The van der Waals surface area contributed by atoms with E-state index in [0.717, 1.165) is 15.5 Å². The highest BCUT2D eigenvalue weighted by molar-refractivity contribution is 9.10. The van der Waals surface area contributed by atoms with Gasteiger partial charge in [0, 0.05) is 4.47 Å². The van der Waals surface area contributed by atoms with E-state index in [9.17, 15) is 14.0 Å². The Bertz CT molecular complexity index is 836. The summed E-state index contributed by atoms with van der Waals surface area (Å²) in [5.74, 6) is -1.65. The first-order valence-electron chi connectivity index (χ1n) is 6.53. The highest BCUT2D eigenvalue weighted by atomic mass is 79.9. The summed E-state index contributed by atoms with van der Waals surface area (Å²) in [5.41, 5.74) is 3.43. The maximum Gasteiger partial charge on any atom is 0.282 e. The predicted molar refractivity (Wildman–Crippen MR) is 89.2 cm³/mol. The monoisotopic (exact) mass is 394 g/mol. The number of carbonyl (C=O) groups is 2. The number of carbonyl (C=O) groups excluding carboxylic acids is 2. The zero-order valence-electron chi connectivity index (χ0n) is 11.5. The number of nitrogens with zero attached hydrogens (tertiary/aromatic N) is 1. The molecule has 2 amide bonds. The molecule has 23 heavy (non-hydrogen) atoms. The van der Waals surface area contributed by atoms with Gasteiger partial charge in [0.15, 0.2) is 0 Å². The van der Waals surface area contributed by atoms with Gasteiger partial charge in [-0.2, -0.15) is 0 Å². The molecule has 1 N–H and O–H groups in total. The third kappa shape index (κ3) is 3.13. The number of hydrogen-bond donors (Lipinski definition) is 1. The molecule has 0 spiro atoms. The van der Waals surface area contributed by atoms with Gasteiger partial charge in [-0.1, -0.05) is 39.7 Å². The summed E-state index contributed by atoms with van der Waals surface area (Å²) < 4.78 is 14.1. The smallest absolute Gasteiger partial charge is 0.267 e. The Morgan fingerprint density at radius 3 is 2.48 bits per heavy atom. The van der Waals surface area contributed by atoms with Gasteiger partial charge < -0.3 is 0 Å². The summed E-state index contributed by atoms with van der Waals surface area (Å²) in [4.78, 5) is 24.4. The Balaban J connectivity index is 1.93. The molecule has 0 unspecified atom stereocenters. The highest BCUT2D eigenvalue weighted by Gasteiger charge is 2.34. The second-order valence-electron chi connectivity index (χ2n) is 4.79.